The Hall–Kier alpha value is -2.75. The summed E-state index contributed by atoms with van der Waals surface area (Å²) in [6, 6.07) is 13.8. The Morgan fingerprint density at radius 1 is 1.17 bits per heavy atom. The lowest BCUT2D eigenvalue weighted by Gasteiger charge is -2.27. The maximum absolute atomic E-state index is 12.7. The molecule has 4 heteroatoms. The molecule has 2 aromatic carbocycles. The fraction of sp³-hybridized carbons (Fsp3) is 0.250. The van der Waals surface area contributed by atoms with Gasteiger partial charge >= 0.3 is 0 Å². The van der Waals surface area contributed by atoms with E-state index < -0.39 is 0 Å². The highest BCUT2D eigenvalue weighted by atomic mass is 16.5. The van der Waals surface area contributed by atoms with E-state index in [0.29, 0.717) is 6.54 Å². The fourth-order valence-electron chi connectivity index (χ4n) is 3.40. The lowest BCUT2D eigenvalue weighted by atomic mass is 10.0. The summed E-state index contributed by atoms with van der Waals surface area (Å²) >= 11 is 0. The summed E-state index contributed by atoms with van der Waals surface area (Å²) in [5.41, 5.74) is 5.45. The summed E-state index contributed by atoms with van der Waals surface area (Å²) in [6.07, 6.45) is 0.861. The van der Waals surface area contributed by atoms with Gasteiger partial charge in [-0.25, -0.2) is 0 Å². The van der Waals surface area contributed by atoms with E-state index in [2.05, 4.69) is 11.1 Å². The predicted octanol–water partition coefficient (Wildman–Crippen LogP) is 3.68. The third kappa shape index (κ3) is 2.44. The zero-order valence-corrected chi connectivity index (χ0v) is 13.9. The molecule has 0 saturated heterocycles. The Bertz CT molecular complexity index is 909. The first-order valence-corrected chi connectivity index (χ1v) is 8.19. The van der Waals surface area contributed by atoms with Crippen molar-refractivity contribution in [1.82, 2.24) is 9.88 Å². The minimum atomic E-state index is 0.0943. The highest BCUT2D eigenvalue weighted by Gasteiger charge is 2.24. The lowest BCUT2D eigenvalue weighted by Crippen LogP contribution is -2.35. The normalized spacial score (nSPS) is 13.8. The topological polar surface area (TPSA) is 45.3 Å². The second-order valence-corrected chi connectivity index (χ2v) is 6.34. The van der Waals surface area contributed by atoms with E-state index in [0.717, 1.165) is 41.1 Å². The minimum Gasteiger partial charge on any atom is -0.497 e. The Balaban J connectivity index is 1.64. The number of aromatic amines is 1. The summed E-state index contributed by atoms with van der Waals surface area (Å²) in [5, 5.41) is 1.20. The third-order valence-corrected chi connectivity index (χ3v) is 4.77. The SMILES string of the molecule is COc1ccc2[nH]c3c(c2c1)CCN(C(=O)c1ccc(C)cc1)C3. The number of H-pyrrole nitrogens is 1. The van der Waals surface area contributed by atoms with E-state index >= 15 is 0 Å². The van der Waals surface area contributed by atoms with Gasteiger partial charge in [0.25, 0.3) is 5.91 Å². The van der Waals surface area contributed by atoms with Crippen LogP contribution in [0.4, 0.5) is 0 Å². The van der Waals surface area contributed by atoms with Crippen LogP contribution in [-0.2, 0) is 13.0 Å². The van der Waals surface area contributed by atoms with Crippen molar-refractivity contribution in [2.45, 2.75) is 19.9 Å². The largest absolute Gasteiger partial charge is 0.497 e. The molecule has 0 unspecified atom stereocenters. The minimum absolute atomic E-state index is 0.0943. The molecule has 1 aliphatic rings. The number of rotatable bonds is 2. The van der Waals surface area contributed by atoms with E-state index in [1.165, 1.54) is 10.9 Å². The predicted molar refractivity (Wildman–Crippen MR) is 94.5 cm³/mol. The second-order valence-electron chi connectivity index (χ2n) is 6.34. The number of aromatic nitrogens is 1. The van der Waals surface area contributed by atoms with Gasteiger partial charge in [-0.15, -0.1) is 0 Å². The van der Waals surface area contributed by atoms with Gasteiger partial charge in [0.2, 0.25) is 0 Å². The molecule has 0 fully saturated rings. The number of nitrogens with one attached hydrogen (secondary N) is 1. The van der Waals surface area contributed by atoms with Gasteiger partial charge in [0.05, 0.1) is 13.7 Å². The van der Waals surface area contributed by atoms with Crippen molar-refractivity contribution < 1.29 is 9.53 Å². The summed E-state index contributed by atoms with van der Waals surface area (Å²) in [7, 11) is 1.68. The molecule has 0 bridgehead atoms. The molecule has 4 rings (SSSR count). The highest BCUT2D eigenvalue weighted by Crippen LogP contribution is 2.30. The molecule has 24 heavy (non-hydrogen) atoms. The molecule has 1 aliphatic heterocycles. The first-order chi connectivity index (χ1) is 11.7. The van der Waals surface area contributed by atoms with Gasteiger partial charge in [-0.2, -0.15) is 0 Å². The molecule has 1 amide bonds. The molecular weight excluding hydrogens is 300 g/mol. The van der Waals surface area contributed by atoms with Crippen molar-refractivity contribution in [2.75, 3.05) is 13.7 Å². The molecular formula is C20H20N2O2. The van der Waals surface area contributed by atoms with Crippen LogP contribution in [0.1, 0.15) is 27.2 Å². The Morgan fingerprint density at radius 3 is 2.71 bits per heavy atom. The van der Waals surface area contributed by atoms with Crippen LogP contribution >= 0.6 is 0 Å². The van der Waals surface area contributed by atoms with Gasteiger partial charge in [0.15, 0.2) is 0 Å². The van der Waals surface area contributed by atoms with Crippen LogP contribution in [0.15, 0.2) is 42.5 Å². The quantitative estimate of drug-likeness (QED) is 0.783. The number of ether oxygens (including phenoxy) is 1. The summed E-state index contributed by atoms with van der Waals surface area (Å²) in [6.45, 7) is 3.39. The zero-order chi connectivity index (χ0) is 16.7. The van der Waals surface area contributed by atoms with Crippen molar-refractivity contribution in [3.05, 3.63) is 64.8 Å². The second kappa shape index (κ2) is 5.71. The maximum Gasteiger partial charge on any atom is 0.254 e. The lowest BCUT2D eigenvalue weighted by molar-refractivity contribution is 0.0733. The number of hydrogen-bond acceptors (Lipinski definition) is 2. The molecule has 3 aromatic rings. The average molecular weight is 320 g/mol. The molecule has 122 valence electrons. The van der Waals surface area contributed by atoms with E-state index in [1.54, 1.807) is 7.11 Å². The summed E-state index contributed by atoms with van der Waals surface area (Å²) in [5.74, 6) is 0.958. The number of carbonyl (C=O) groups is 1. The first kappa shape index (κ1) is 14.8. The molecule has 4 nitrogen and oxygen atoms in total. The molecule has 2 heterocycles. The van der Waals surface area contributed by atoms with Crippen molar-refractivity contribution in [1.29, 1.82) is 0 Å². The van der Waals surface area contributed by atoms with Gasteiger partial charge in [-0.3, -0.25) is 4.79 Å². The number of methoxy groups -OCH3 is 1. The van der Waals surface area contributed by atoms with Crippen LogP contribution < -0.4 is 4.74 Å². The van der Waals surface area contributed by atoms with Crippen LogP contribution in [0.25, 0.3) is 10.9 Å². The van der Waals surface area contributed by atoms with Gasteiger partial charge in [0.1, 0.15) is 5.75 Å². The van der Waals surface area contributed by atoms with Gasteiger partial charge < -0.3 is 14.6 Å². The van der Waals surface area contributed by atoms with E-state index in [9.17, 15) is 4.79 Å². The van der Waals surface area contributed by atoms with Crippen molar-refractivity contribution in [3.8, 4) is 5.75 Å². The number of carbonyl (C=O) groups excluding carboxylic acids is 1. The van der Waals surface area contributed by atoms with Gasteiger partial charge in [-0.05, 0) is 49.2 Å². The number of benzene rings is 2. The van der Waals surface area contributed by atoms with E-state index in [-0.39, 0.29) is 5.91 Å². The Morgan fingerprint density at radius 2 is 1.96 bits per heavy atom. The molecule has 0 aliphatic carbocycles. The number of fused-ring (bicyclic) bond motifs is 3. The van der Waals surface area contributed by atoms with E-state index in [1.807, 2.05) is 48.2 Å². The summed E-state index contributed by atoms with van der Waals surface area (Å²) in [4.78, 5) is 18.1. The zero-order valence-electron chi connectivity index (χ0n) is 13.9. The highest BCUT2D eigenvalue weighted by molar-refractivity contribution is 5.95. The molecule has 0 atom stereocenters. The van der Waals surface area contributed by atoms with Gasteiger partial charge in [0, 0.05) is 28.7 Å². The van der Waals surface area contributed by atoms with Crippen LogP contribution in [0.2, 0.25) is 0 Å². The number of aryl methyl sites for hydroxylation is 1. The Kier molecular flexibility index (Phi) is 3.53. The Labute approximate surface area is 141 Å². The van der Waals surface area contributed by atoms with Crippen molar-refractivity contribution in [2.24, 2.45) is 0 Å². The average Bonchev–Trinajstić information content (AvgIpc) is 2.98. The number of amides is 1. The van der Waals surface area contributed by atoms with Crippen LogP contribution in [0.3, 0.4) is 0 Å². The van der Waals surface area contributed by atoms with Crippen LogP contribution in [0.5, 0.6) is 5.75 Å². The standard InChI is InChI=1S/C20H20N2O2/c1-13-3-5-14(6-4-13)20(23)22-10-9-16-17-11-15(24-2)7-8-18(17)21-19(16)12-22/h3-8,11,21H,9-10,12H2,1-2H3. The molecule has 0 saturated carbocycles. The third-order valence-electron chi connectivity index (χ3n) is 4.77. The number of hydrogen-bond donors (Lipinski definition) is 1. The van der Waals surface area contributed by atoms with Crippen LogP contribution in [0, 0.1) is 6.92 Å². The molecule has 0 spiro atoms. The van der Waals surface area contributed by atoms with Crippen LogP contribution in [-0.4, -0.2) is 29.4 Å². The maximum atomic E-state index is 12.7. The van der Waals surface area contributed by atoms with Crippen molar-refractivity contribution in [3.63, 3.8) is 0 Å². The van der Waals surface area contributed by atoms with Gasteiger partial charge in [-0.1, -0.05) is 17.7 Å². The summed E-state index contributed by atoms with van der Waals surface area (Å²) < 4.78 is 5.33. The number of nitrogens with zero attached hydrogens (tertiary/aromatic N) is 1. The molecule has 1 N–H and O–H groups in total. The first-order valence-electron chi connectivity index (χ1n) is 8.19. The smallest absolute Gasteiger partial charge is 0.254 e. The molecule has 0 radical (unpaired) electrons. The molecule has 1 aromatic heterocycles. The van der Waals surface area contributed by atoms with E-state index in [4.69, 9.17) is 4.74 Å². The monoisotopic (exact) mass is 320 g/mol. The van der Waals surface area contributed by atoms with Crippen molar-refractivity contribution >= 4 is 16.8 Å². The fourth-order valence-corrected chi connectivity index (χ4v) is 3.40.